The third-order valence-electron chi connectivity index (χ3n) is 4.95. The lowest BCUT2D eigenvalue weighted by molar-refractivity contribution is -0.0534. The molecule has 1 atom stereocenters. The summed E-state index contributed by atoms with van der Waals surface area (Å²) in [6, 6.07) is 10.9. The van der Waals surface area contributed by atoms with Crippen molar-refractivity contribution in [3.63, 3.8) is 0 Å². The minimum absolute atomic E-state index is 0.126. The van der Waals surface area contributed by atoms with E-state index in [0.29, 0.717) is 18.5 Å². The second kappa shape index (κ2) is 6.26. The summed E-state index contributed by atoms with van der Waals surface area (Å²) in [5.41, 5.74) is 0.599. The van der Waals surface area contributed by atoms with Gasteiger partial charge >= 0.3 is 0 Å². The third-order valence-corrected chi connectivity index (χ3v) is 4.95. The molecule has 0 bridgehead atoms. The van der Waals surface area contributed by atoms with Crippen molar-refractivity contribution >= 4 is 0 Å². The van der Waals surface area contributed by atoms with Crippen LogP contribution in [0.25, 0.3) is 11.3 Å². The number of nitrogens with zero attached hydrogens (tertiary/aromatic N) is 3. The summed E-state index contributed by atoms with van der Waals surface area (Å²) in [4.78, 5) is 19.1. The molecule has 1 aliphatic rings. The maximum atomic E-state index is 12.5. The zero-order chi connectivity index (χ0) is 16.4. The molecule has 1 saturated heterocycles. The van der Waals surface area contributed by atoms with E-state index >= 15 is 0 Å². The van der Waals surface area contributed by atoms with Gasteiger partial charge in [0.05, 0.1) is 23.7 Å². The lowest BCUT2D eigenvalue weighted by Crippen LogP contribution is -2.49. The minimum Gasteiger partial charge on any atom is -0.388 e. The van der Waals surface area contributed by atoms with Gasteiger partial charge in [-0.2, -0.15) is 0 Å². The maximum absolute atomic E-state index is 12.5. The van der Waals surface area contributed by atoms with E-state index in [-0.39, 0.29) is 11.6 Å². The highest BCUT2D eigenvalue weighted by Gasteiger charge is 2.38. The van der Waals surface area contributed by atoms with Crippen LogP contribution in [0.1, 0.15) is 25.8 Å². The zero-order valence-electron chi connectivity index (χ0n) is 13.6. The Kier molecular flexibility index (Phi) is 4.33. The van der Waals surface area contributed by atoms with E-state index in [4.69, 9.17) is 0 Å². The average Bonchev–Trinajstić information content (AvgIpc) is 2.58. The fraction of sp³-hybridized carbons (Fsp3) is 0.444. The standard InChI is InChI=1S/C18H23N3O2/c1-14(18(23)8-10-20(2)11-9-18)21-13-19-16(12-17(21)22)15-6-4-3-5-7-15/h3-7,12-14,23H,8-11H2,1-2H3. The summed E-state index contributed by atoms with van der Waals surface area (Å²) in [6.07, 6.45) is 2.89. The quantitative estimate of drug-likeness (QED) is 0.940. The second-order valence-electron chi connectivity index (χ2n) is 6.47. The Hall–Kier alpha value is -1.98. The lowest BCUT2D eigenvalue weighted by Gasteiger charge is -2.41. The molecule has 5 heteroatoms. The number of hydrogen-bond acceptors (Lipinski definition) is 4. The molecule has 5 nitrogen and oxygen atoms in total. The molecular formula is C18H23N3O2. The van der Waals surface area contributed by atoms with Gasteiger partial charge in [-0.05, 0) is 26.8 Å². The van der Waals surface area contributed by atoms with Crippen LogP contribution in [0.15, 0.2) is 47.5 Å². The van der Waals surface area contributed by atoms with E-state index in [0.717, 1.165) is 18.7 Å². The maximum Gasteiger partial charge on any atom is 0.254 e. The van der Waals surface area contributed by atoms with E-state index < -0.39 is 5.60 Å². The first kappa shape index (κ1) is 15.9. The van der Waals surface area contributed by atoms with Gasteiger partial charge in [0.25, 0.3) is 5.56 Å². The number of likely N-dealkylation sites (tertiary alicyclic amines) is 1. The average molecular weight is 313 g/mol. The molecule has 2 heterocycles. The Labute approximate surface area is 136 Å². The van der Waals surface area contributed by atoms with Crippen LogP contribution in [0, 0.1) is 0 Å². The van der Waals surface area contributed by atoms with Crippen molar-refractivity contribution < 1.29 is 5.11 Å². The van der Waals surface area contributed by atoms with Gasteiger partial charge in [-0.1, -0.05) is 30.3 Å². The molecule has 1 aromatic carbocycles. The smallest absolute Gasteiger partial charge is 0.254 e. The number of hydrogen-bond donors (Lipinski definition) is 1. The minimum atomic E-state index is -0.855. The fourth-order valence-electron chi connectivity index (χ4n) is 3.15. The van der Waals surface area contributed by atoms with Crippen molar-refractivity contribution in [2.45, 2.75) is 31.4 Å². The molecule has 1 N–H and O–H groups in total. The Morgan fingerprint density at radius 3 is 2.48 bits per heavy atom. The Morgan fingerprint density at radius 1 is 1.22 bits per heavy atom. The molecule has 0 amide bonds. The van der Waals surface area contributed by atoms with Gasteiger partial charge in [0.1, 0.15) is 0 Å². The number of rotatable bonds is 3. The molecule has 0 saturated carbocycles. The second-order valence-corrected chi connectivity index (χ2v) is 6.47. The fourth-order valence-corrected chi connectivity index (χ4v) is 3.15. The van der Waals surface area contributed by atoms with E-state index in [1.54, 1.807) is 17.0 Å². The van der Waals surface area contributed by atoms with Crippen LogP contribution in [0.5, 0.6) is 0 Å². The molecule has 0 radical (unpaired) electrons. The summed E-state index contributed by atoms with van der Waals surface area (Å²) < 4.78 is 1.55. The monoisotopic (exact) mass is 313 g/mol. The highest BCUT2D eigenvalue weighted by Crippen LogP contribution is 2.31. The van der Waals surface area contributed by atoms with Gasteiger partial charge in [0.2, 0.25) is 0 Å². The van der Waals surface area contributed by atoms with Crippen LogP contribution >= 0.6 is 0 Å². The summed E-state index contributed by atoms with van der Waals surface area (Å²) in [5.74, 6) is 0. The molecule has 1 aliphatic heterocycles. The molecule has 1 aromatic heterocycles. The molecular weight excluding hydrogens is 290 g/mol. The van der Waals surface area contributed by atoms with E-state index in [2.05, 4.69) is 9.88 Å². The van der Waals surface area contributed by atoms with Gasteiger partial charge < -0.3 is 10.0 Å². The summed E-state index contributed by atoms with van der Waals surface area (Å²) in [6.45, 7) is 3.58. The van der Waals surface area contributed by atoms with Crippen LogP contribution in [-0.4, -0.2) is 45.3 Å². The Balaban J connectivity index is 1.88. The lowest BCUT2D eigenvalue weighted by atomic mass is 9.85. The largest absolute Gasteiger partial charge is 0.388 e. The summed E-state index contributed by atoms with van der Waals surface area (Å²) in [7, 11) is 2.05. The first-order chi connectivity index (χ1) is 11.0. The van der Waals surface area contributed by atoms with Crippen molar-refractivity contribution in [3.8, 4) is 11.3 Å². The van der Waals surface area contributed by atoms with Crippen molar-refractivity contribution in [2.75, 3.05) is 20.1 Å². The predicted octanol–water partition coefficient (Wildman–Crippen LogP) is 1.93. The Morgan fingerprint density at radius 2 is 1.87 bits per heavy atom. The van der Waals surface area contributed by atoms with E-state index in [1.807, 2.05) is 44.3 Å². The van der Waals surface area contributed by atoms with Crippen LogP contribution in [0.2, 0.25) is 0 Å². The van der Waals surface area contributed by atoms with Crippen LogP contribution in [0.4, 0.5) is 0 Å². The number of piperidine rings is 1. The van der Waals surface area contributed by atoms with E-state index in [9.17, 15) is 9.90 Å². The molecule has 0 aliphatic carbocycles. The Bertz CT molecular complexity index is 719. The topological polar surface area (TPSA) is 58.4 Å². The SMILES string of the molecule is CC(n1cnc(-c2ccccc2)cc1=O)C1(O)CCN(C)CC1. The van der Waals surface area contributed by atoms with Crippen LogP contribution in [0.3, 0.4) is 0 Å². The molecule has 3 rings (SSSR count). The van der Waals surface area contributed by atoms with E-state index in [1.165, 1.54) is 0 Å². The molecule has 2 aromatic rings. The first-order valence-electron chi connectivity index (χ1n) is 8.04. The molecule has 1 unspecified atom stereocenters. The van der Waals surface area contributed by atoms with Crippen molar-refractivity contribution in [2.24, 2.45) is 0 Å². The molecule has 1 fully saturated rings. The summed E-state index contributed by atoms with van der Waals surface area (Å²) >= 11 is 0. The molecule has 23 heavy (non-hydrogen) atoms. The number of aliphatic hydroxyl groups is 1. The number of benzene rings is 1. The predicted molar refractivity (Wildman–Crippen MR) is 90.3 cm³/mol. The normalized spacial score (nSPS) is 19.4. The molecule has 0 spiro atoms. The number of aromatic nitrogens is 2. The molecule has 122 valence electrons. The van der Waals surface area contributed by atoms with Gasteiger partial charge in [-0.3, -0.25) is 9.36 Å². The third kappa shape index (κ3) is 3.21. The highest BCUT2D eigenvalue weighted by atomic mass is 16.3. The van der Waals surface area contributed by atoms with Crippen LogP contribution in [-0.2, 0) is 0 Å². The zero-order valence-corrected chi connectivity index (χ0v) is 13.6. The van der Waals surface area contributed by atoms with Crippen molar-refractivity contribution in [1.82, 2.24) is 14.5 Å². The van der Waals surface area contributed by atoms with Crippen molar-refractivity contribution in [3.05, 3.63) is 53.1 Å². The van der Waals surface area contributed by atoms with Gasteiger partial charge in [-0.15, -0.1) is 0 Å². The summed E-state index contributed by atoms with van der Waals surface area (Å²) in [5, 5.41) is 10.9. The van der Waals surface area contributed by atoms with Crippen LogP contribution < -0.4 is 5.56 Å². The highest BCUT2D eigenvalue weighted by molar-refractivity contribution is 5.57. The van der Waals surface area contributed by atoms with Gasteiger partial charge in [-0.25, -0.2) is 4.98 Å². The van der Waals surface area contributed by atoms with Gasteiger partial charge in [0.15, 0.2) is 0 Å². The van der Waals surface area contributed by atoms with Gasteiger partial charge in [0, 0.05) is 24.7 Å². The first-order valence-corrected chi connectivity index (χ1v) is 8.04. The van der Waals surface area contributed by atoms with Crippen molar-refractivity contribution in [1.29, 1.82) is 0 Å².